The van der Waals surface area contributed by atoms with Gasteiger partial charge in [-0.1, -0.05) is 0 Å². The van der Waals surface area contributed by atoms with Gasteiger partial charge < -0.3 is 9.64 Å². The molecule has 0 radical (unpaired) electrons. The Labute approximate surface area is 113 Å². The molecule has 1 fully saturated rings. The van der Waals surface area contributed by atoms with Gasteiger partial charge in [0, 0.05) is 6.54 Å². The first-order chi connectivity index (χ1) is 8.85. The van der Waals surface area contributed by atoms with Crippen LogP contribution in [0.25, 0.3) is 0 Å². The van der Waals surface area contributed by atoms with Crippen molar-refractivity contribution in [1.82, 2.24) is 14.8 Å². The van der Waals surface area contributed by atoms with Gasteiger partial charge in [-0.2, -0.15) is 0 Å². The second-order valence-corrected chi connectivity index (χ2v) is 6.05. The van der Waals surface area contributed by atoms with E-state index < -0.39 is 5.60 Å². The lowest BCUT2D eigenvalue weighted by Crippen LogP contribution is -2.42. The van der Waals surface area contributed by atoms with E-state index in [1.165, 1.54) is 0 Å². The maximum atomic E-state index is 12.1. The zero-order chi connectivity index (χ0) is 14.0. The number of carbonyl (C=O) groups is 1. The summed E-state index contributed by atoms with van der Waals surface area (Å²) in [7, 11) is 1.89. The molecule has 1 amide bonds. The summed E-state index contributed by atoms with van der Waals surface area (Å²) in [6.07, 6.45) is 5.63. The van der Waals surface area contributed by atoms with Gasteiger partial charge >= 0.3 is 6.09 Å². The third kappa shape index (κ3) is 3.68. The van der Waals surface area contributed by atoms with E-state index in [1.807, 2.05) is 49.8 Å². The molecular formula is C13H23N4O2+. The van der Waals surface area contributed by atoms with Crippen LogP contribution in [-0.2, 0) is 18.3 Å². The number of hydrogen-bond acceptors (Lipinski definition) is 3. The first-order valence-corrected chi connectivity index (χ1v) is 6.74. The van der Waals surface area contributed by atoms with Crippen LogP contribution in [0.4, 0.5) is 4.79 Å². The van der Waals surface area contributed by atoms with Crippen LogP contribution >= 0.6 is 0 Å². The number of rotatable bonds is 2. The average molecular weight is 267 g/mol. The number of ether oxygens (including phenoxy) is 1. The topological polar surface area (TPSA) is 51.2 Å². The summed E-state index contributed by atoms with van der Waals surface area (Å²) in [5, 5.41) is 4.30. The minimum atomic E-state index is -0.442. The first kappa shape index (κ1) is 13.8. The summed E-state index contributed by atoms with van der Waals surface area (Å²) in [4.78, 5) is 14.0. The molecule has 1 aliphatic heterocycles. The Bertz CT molecular complexity index is 450. The van der Waals surface area contributed by atoms with Crippen molar-refractivity contribution < 1.29 is 14.2 Å². The Balaban J connectivity index is 1.98. The molecule has 2 rings (SSSR count). The van der Waals surface area contributed by atoms with Crippen molar-refractivity contribution in [2.24, 2.45) is 7.05 Å². The standard InChI is InChI=1S/C13H23N4O2/c1-13(2,3)19-12(18)17-7-5-6-11(17)10-16-9-8-15(4)14-16/h8-9,11H,5-7,10H2,1-4H3/q+1/t11-/m0/s1. The third-order valence-corrected chi connectivity index (χ3v) is 3.11. The molecule has 2 heterocycles. The number of nitrogens with zero attached hydrogens (tertiary/aromatic N) is 4. The molecule has 0 saturated carbocycles. The van der Waals surface area contributed by atoms with Gasteiger partial charge in [-0.25, -0.2) is 4.79 Å². The predicted octanol–water partition coefficient (Wildman–Crippen LogP) is 1.11. The summed E-state index contributed by atoms with van der Waals surface area (Å²) in [5.41, 5.74) is -0.442. The summed E-state index contributed by atoms with van der Waals surface area (Å²) in [6.45, 7) is 7.17. The van der Waals surface area contributed by atoms with Crippen LogP contribution in [0.15, 0.2) is 12.4 Å². The van der Waals surface area contributed by atoms with Gasteiger partial charge in [0.15, 0.2) is 12.4 Å². The van der Waals surface area contributed by atoms with Gasteiger partial charge in [0.2, 0.25) is 0 Å². The third-order valence-electron chi connectivity index (χ3n) is 3.11. The smallest absolute Gasteiger partial charge is 0.410 e. The Kier molecular flexibility index (Phi) is 3.78. The Morgan fingerprint density at radius 3 is 2.84 bits per heavy atom. The van der Waals surface area contributed by atoms with Crippen LogP contribution in [0.2, 0.25) is 0 Å². The van der Waals surface area contributed by atoms with Gasteiger partial charge in [-0.15, -0.1) is 9.36 Å². The average Bonchev–Trinajstić information content (AvgIpc) is 2.86. The Morgan fingerprint density at radius 2 is 2.26 bits per heavy atom. The van der Waals surface area contributed by atoms with Crippen LogP contribution in [0, 0.1) is 0 Å². The minimum absolute atomic E-state index is 0.176. The SMILES string of the molecule is C[n+]1ccn(C[C@@H]2CCCN2C(=O)OC(C)(C)C)n1. The molecule has 0 aromatic carbocycles. The fraction of sp³-hybridized carbons (Fsp3) is 0.769. The molecule has 1 aliphatic rings. The Hall–Kier alpha value is -1.59. The maximum absolute atomic E-state index is 12.1. The minimum Gasteiger partial charge on any atom is -0.444 e. The van der Waals surface area contributed by atoms with Crippen molar-refractivity contribution in [2.45, 2.75) is 51.8 Å². The normalized spacial score (nSPS) is 19.8. The first-order valence-electron chi connectivity index (χ1n) is 6.74. The second-order valence-electron chi connectivity index (χ2n) is 6.05. The number of hydrogen-bond donors (Lipinski definition) is 0. The zero-order valence-corrected chi connectivity index (χ0v) is 12.2. The highest BCUT2D eigenvalue weighted by atomic mass is 16.6. The number of amides is 1. The van der Waals surface area contributed by atoms with Gasteiger partial charge in [-0.3, -0.25) is 0 Å². The summed E-state index contributed by atoms with van der Waals surface area (Å²) < 4.78 is 9.07. The van der Waals surface area contributed by atoms with E-state index in [2.05, 4.69) is 5.21 Å². The fourth-order valence-corrected chi connectivity index (χ4v) is 2.31. The maximum Gasteiger partial charge on any atom is 0.410 e. The highest BCUT2D eigenvalue weighted by molar-refractivity contribution is 5.68. The van der Waals surface area contributed by atoms with Gasteiger partial charge in [0.1, 0.15) is 19.2 Å². The lowest BCUT2D eigenvalue weighted by atomic mass is 10.2. The van der Waals surface area contributed by atoms with Crippen LogP contribution < -0.4 is 4.68 Å². The van der Waals surface area contributed by atoms with E-state index in [1.54, 1.807) is 4.68 Å². The van der Waals surface area contributed by atoms with E-state index in [0.29, 0.717) is 0 Å². The zero-order valence-electron chi connectivity index (χ0n) is 12.2. The van der Waals surface area contributed by atoms with E-state index >= 15 is 0 Å². The lowest BCUT2D eigenvalue weighted by Gasteiger charge is -2.27. The molecule has 0 aliphatic carbocycles. The number of likely N-dealkylation sites (tertiary alicyclic amines) is 1. The second kappa shape index (κ2) is 5.19. The largest absolute Gasteiger partial charge is 0.444 e. The quantitative estimate of drug-likeness (QED) is 0.754. The highest BCUT2D eigenvalue weighted by Crippen LogP contribution is 2.21. The Morgan fingerprint density at radius 1 is 1.53 bits per heavy atom. The molecule has 1 aromatic heterocycles. The van der Waals surface area contributed by atoms with Crippen LogP contribution in [0.5, 0.6) is 0 Å². The summed E-state index contributed by atoms with van der Waals surface area (Å²) in [6, 6.07) is 0.176. The number of aromatic nitrogens is 3. The van der Waals surface area contributed by atoms with E-state index in [0.717, 1.165) is 25.9 Å². The highest BCUT2D eigenvalue weighted by Gasteiger charge is 2.33. The van der Waals surface area contributed by atoms with Crippen molar-refractivity contribution >= 4 is 6.09 Å². The predicted molar refractivity (Wildman–Crippen MR) is 69.4 cm³/mol. The van der Waals surface area contributed by atoms with Crippen LogP contribution in [-0.4, -0.2) is 39.1 Å². The van der Waals surface area contributed by atoms with Crippen LogP contribution in [0.3, 0.4) is 0 Å². The van der Waals surface area contributed by atoms with E-state index in [-0.39, 0.29) is 12.1 Å². The lowest BCUT2D eigenvalue weighted by molar-refractivity contribution is -0.732. The van der Waals surface area contributed by atoms with Crippen molar-refractivity contribution in [1.29, 1.82) is 0 Å². The summed E-state index contributed by atoms with van der Waals surface area (Å²) in [5.74, 6) is 0. The molecule has 1 saturated heterocycles. The molecule has 6 nitrogen and oxygen atoms in total. The van der Waals surface area contributed by atoms with Crippen molar-refractivity contribution in [2.75, 3.05) is 6.54 Å². The summed E-state index contributed by atoms with van der Waals surface area (Å²) >= 11 is 0. The van der Waals surface area contributed by atoms with Crippen molar-refractivity contribution in [3.8, 4) is 0 Å². The molecule has 0 bridgehead atoms. The van der Waals surface area contributed by atoms with Crippen LogP contribution in [0.1, 0.15) is 33.6 Å². The van der Waals surface area contributed by atoms with E-state index in [4.69, 9.17) is 4.74 Å². The molecule has 19 heavy (non-hydrogen) atoms. The molecule has 0 unspecified atom stereocenters. The molecule has 106 valence electrons. The molecule has 0 N–H and O–H groups in total. The monoisotopic (exact) mass is 267 g/mol. The molecular weight excluding hydrogens is 244 g/mol. The molecule has 0 spiro atoms. The molecule has 1 atom stereocenters. The van der Waals surface area contributed by atoms with Crippen molar-refractivity contribution in [3.63, 3.8) is 0 Å². The van der Waals surface area contributed by atoms with Gasteiger partial charge in [0.25, 0.3) is 0 Å². The molecule has 1 aromatic rings. The van der Waals surface area contributed by atoms with E-state index in [9.17, 15) is 4.79 Å². The fourth-order valence-electron chi connectivity index (χ4n) is 2.31. The molecule has 6 heteroatoms. The van der Waals surface area contributed by atoms with Gasteiger partial charge in [-0.05, 0) is 33.6 Å². The number of carbonyl (C=O) groups excluding carboxylic acids is 1. The van der Waals surface area contributed by atoms with Gasteiger partial charge in [0.05, 0.1) is 11.3 Å². The van der Waals surface area contributed by atoms with Crippen molar-refractivity contribution in [3.05, 3.63) is 12.4 Å². The number of aryl methyl sites for hydroxylation is 1.